The normalized spacial score (nSPS) is 12.2. The van der Waals surface area contributed by atoms with Gasteiger partial charge in [-0.05, 0) is 38.8 Å². The van der Waals surface area contributed by atoms with Crippen molar-refractivity contribution in [1.29, 1.82) is 0 Å². The van der Waals surface area contributed by atoms with E-state index in [1.165, 1.54) is 12.7 Å². The summed E-state index contributed by atoms with van der Waals surface area (Å²) in [5.41, 5.74) is 4.55. The van der Waals surface area contributed by atoms with Crippen LogP contribution in [0.2, 0.25) is 0 Å². The molecule has 0 spiro atoms. The SMILES string of the molecule is CCCC(C)N(/N=C/c1ccccc1C(=O)OC)c1nc(-c2ccccc2C)c(C)s1. The van der Waals surface area contributed by atoms with Crippen molar-refractivity contribution in [3.63, 3.8) is 0 Å². The number of benzene rings is 2. The van der Waals surface area contributed by atoms with Gasteiger partial charge in [-0.1, -0.05) is 67.1 Å². The number of thiazole rings is 1. The smallest absolute Gasteiger partial charge is 0.338 e. The number of aryl methyl sites for hydroxylation is 2. The minimum absolute atomic E-state index is 0.168. The maximum Gasteiger partial charge on any atom is 0.338 e. The minimum atomic E-state index is -0.373. The highest BCUT2D eigenvalue weighted by atomic mass is 32.1. The van der Waals surface area contributed by atoms with Crippen LogP contribution in [0.3, 0.4) is 0 Å². The summed E-state index contributed by atoms with van der Waals surface area (Å²) in [5.74, 6) is -0.373. The quantitative estimate of drug-likeness (QED) is 0.239. The summed E-state index contributed by atoms with van der Waals surface area (Å²) in [5, 5.41) is 7.60. The van der Waals surface area contributed by atoms with Gasteiger partial charge in [-0.3, -0.25) is 0 Å². The second-order valence-electron chi connectivity index (χ2n) is 7.52. The highest BCUT2D eigenvalue weighted by molar-refractivity contribution is 7.16. The number of aromatic nitrogens is 1. The standard InChI is InChI=1S/C25H29N3O2S/c1-6-11-18(3)28(26-16-20-13-8-10-15-22(20)24(29)30-5)25-27-23(19(4)31-25)21-14-9-7-12-17(21)2/h7-10,12-16,18H,6,11H2,1-5H3/b26-16+. The molecule has 1 unspecified atom stereocenters. The monoisotopic (exact) mass is 435 g/mol. The fraction of sp³-hybridized carbons (Fsp3) is 0.320. The molecule has 1 heterocycles. The molecule has 0 amide bonds. The first-order valence-corrected chi connectivity index (χ1v) is 11.3. The Balaban J connectivity index is 2.00. The third-order valence-corrected chi connectivity index (χ3v) is 6.15. The lowest BCUT2D eigenvalue weighted by Crippen LogP contribution is -2.28. The Morgan fingerprint density at radius 1 is 1.19 bits per heavy atom. The number of hydrogen-bond acceptors (Lipinski definition) is 6. The molecule has 5 nitrogen and oxygen atoms in total. The largest absolute Gasteiger partial charge is 0.465 e. The van der Waals surface area contributed by atoms with Gasteiger partial charge in [0.2, 0.25) is 5.13 Å². The van der Waals surface area contributed by atoms with Crippen LogP contribution in [-0.4, -0.2) is 30.3 Å². The van der Waals surface area contributed by atoms with E-state index in [1.807, 2.05) is 35.3 Å². The number of carbonyl (C=O) groups is 1. The Morgan fingerprint density at radius 3 is 2.61 bits per heavy atom. The molecule has 0 saturated carbocycles. The molecule has 0 bridgehead atoms. The first kappa shape index (κ1) is 22.7. The van der Waals surface area contributed by atoms with Crippen molar-refractivity contribution < 1.29 is 9.53 Å². The number of carbonyl (C=O) groups excluding carboxylic acids is 1. The number of methoxy groups -OCH3 is 1. The Morgan fingerprint density at radius 2 is 1.90 bits per heavy atom. The molecule has 0 radical (unpaired) electrons. The van der Waals surface area contributed by atoms with Crippen molar-refractivity contribution in [1.82, 2.24) is 4.98 Å². The second kappa shape index (κ2) is 10.4. The van der Waals surface area contributed by atoms with E-state index in [-0.39, 0.29) is 12.0 Å². The molecule has 162 valence electrons. The first-order valence-electron chi connectivity index (χ1n) is 10.5. The van der Waals surface area contributed by atoms with Crippen LogP contribution in [0.15, 0.2) is 53.6 Å². The molecular weight excluding hydrogens is 406 g/mol. The number of hydrazone groups is 1. The van der Waals surface area contributed by atoms with E-state index in [0.717, 1.165) is 39.7 Å². The molecule has 2 aromatic carbocycles. The third kappa shape index (κ3) is 5.20. The van der Waals surface area contributed by atoms with E-state index < -0.39 is 0 Å². The second-order valence-corrected chi connectivity index (χ2v) is 8.70. The average molecular weight is 436 g/mol. The van der Waals surface area contributed by atoms with Crippen LogP contribution < -0.4 is 5.01 Å². The van der Waals surface area contributed by atoms with Crippen LogP contribution in [0.1, 0.15) is 53.1 Å². The van der Waals surface area contributed by atoms with Gasteiger partial charge in [0, 0.05) is 16.0 Å². The molecule has 0 saturated heterocycles. The third-order valence-electron chi connectivity index (χ3n) is 5.19. The van der Waals surface area contributed by atoms with Gasteiger partial charge in [-0.25, -0.2) is 14.8 Å². The highest BCUT2D eigenvalue weighted by Gasteiger charge is 2.20. The van der Waals surface area contributed by atoms with Crippen LogP contribution in [0, 0.1) is 13.8 Å². The fourth-order valence-corrected chi connectivity index (χ4v) is 4.47. The summed E-state index contributed by atoms with van der Waals surface area (Å²) < 4.78 is 4.91. The van der Waals surface area contributed by atoms with Gasteiger partial charge in [0.25, 0.3) is 0 Å². The summed E-state index contributed by atoms with van der Waals surface area (Å²) in [7, 11) is 1.39. The predicted molar refractivity (Wildman–Crippen MR) is 129 cm³/mol. The average Bonchev–Trinajstić information content (AvgIpc) is 3.15. The van der Waals surface area contributed by atoms with Crippen LogP contribution in [0.4, 0.5) is 5.13 Å². The zero-order chi connectivity index (χ0) is 22.4. The van der Waals surface area contributed by atoms with E-state index in [9.17, 15) is 4.79 Å². The van der Waals surface area contributed by atoms with Crippen molar-refractivity contribution in [3.8, 4) is 11.3 Å². The predicted octanol–water partition coefficient (Wildman–Crippen LogP) is 6.24. The van der Waals surface area contributed by atoms with E-state index in [4.69, 9.17) is 14.8 Å². The van der Waals surface area contributed by atoms with Crippen LogP contribution in [0.25, 0.3) is 11.3 Å². The van der Waals surface area contributed by atoms with Crippen LogP contribution >= 0.6 is 11.3 Å². The Bertz CT molecular complexity index is 1070. The molecule has 0 aliphatic heterocycles. The number of anilines is 1. The highest BCUT2D eigenvalue weighted by Crippen LogP contribution is 2.35. The molecule has 3 rings (SSSR count). The lowest BCUT2D eigenvalue weighted by Gasteiger charge is -2.23. The van der Waals surface area contributed by atoms with Gasteiger partial charge in [0.15, 0.2) is 0 Å². The van der Waals surface area contributed by atoms with E-state index in [0.29, 0.717) is 5.56 Å². The van der Waals surface area contributed by atoms with E-state index >= 15 is 0 Å². The maximum absolute atomic E-state index is 12.1. The lowest BCUT2D eigenvalue weighted by molar-refractivity contribution is 0.0600. The summed E-state index contributed by atoms with van der Waals surface area (Å²) >= 11 is 1.64. The van der Waals surface area contributed by atoms with Crippen molar-refractivity contribution in [2.75, 3.05) is 12.1 Å². The van der Waals surface area contributed by atoms with Gasteiger partial charge in [0.05, 0.1) is 30.6 Å². The summed E-state index contributed by atoms with van der Waals surface area (Å²) in [6.07, 6.45) is 3.75. The van der Waals surface area contributed by atoms with Crippen molar-refractivity contribution >= 4 is 28.7 Å². The molecule has 3 aromatic rings. The molecule has 0 N–H and O–H groups in total. The molecule has 31 heavy (non-hydrogen) atoms. The van der Waals surface area contributed by atoms with Gasteiger partial charge in [-0.15, -0.1) is 0 Å². The number of ether oxygens (including phenoxy) is 1. The minimum Gasteiger partial charge on any atom is -0.465 e. The van der Waals surface area contributed by atoms with Gasteiger partial charge < -0.3 is 4.74 Å². The summed E-state index contributed by atoms with van der Waals surface area (Å²) in [4.78, 5) is 18.2. The Kier molecular flexibility index (Phi) is 7.58. The molecule has 0 aliphatic carbocycles. The Hall–Kier alpha value is -2.99. The zero-order valence-corrected chi connectivity index (χ0v) is 19.6. The van der Waals surface area contributed by atoms with Gasteiger partial charge >= 0.3 is 5.97 Å². The molecule has 6 heteroatoms. The number of nitrogens with zero attached hydrogens (tertiary/aromatic N) is 3. The lowest BCUT2D eigenvalue weighted by atomic mass is 10.1. The van der Waals surface area contributed by atoms with E-state index in [1.54, 1.807) is 23.6 Å². The number of rotatable bonds is 8. The topological polar surface area (TPSA) is 54.8 Å². The van der Waals surface area contributed by atoms with E-state index in [2.05, 4.69) is 39.8 Å². The molecular formula is C25H29N3O2S. The van der Waals surface area contributed by atoms with Gasteiger partial charge in [-0.2, -0.15) is 5.10 Å². The van der Waals surface area contributed by atoms with Crippen molar-refractivity contribution in [2.24, 2.45) is 5.10 Å². The number of hydrogen-bond donors (Lipinski definition) is 0. The zero-order valence-electron chi connectivity index (χ0n) is 18.8. The molecule has 1 aromatic heterocycles. The van der Waals surface area contributed by atoms with Crippen LogP contribution in [-0.2, 0) is 4.74 Å². The maximum atomic E-state index is 12.1. The van der Waals surface area contributed by atoms with Crippen molar-refractivity contribution in [3.05, 3.63) is 70.1 Å². The number of esters is 1. The summed E-state index contributed by atoms with van der Waals surface area (Å²) in [6.45, 7) is 8.52. The Labute approximate surface area is 188 Å². The molecule has 1 atom stereocenters. The van der Waals surface area contributed by atoms with Crippen molar-refractivity contribution in [2.45, 2.75) is 46.6 Å². The van der Waals surface area contributed by atoms with Crippen LogP contribution in [0.5, 0.6) is 0 Å². The fourth-order valence-electron chi connectivity index (χ4n) is 3.49. The molecule has 0 aliphatic rings. The first-order chi connectivity index (χ1) is 15.0. The van der Waals surface area contributed by atoms with Gasteiger partial charge in [0.1, 0.15) is 0 Å². The molecule has 0 fully saturated rings. The summed E-state index contributed by atoms with van der Waals surface area (Å²) in [6, 6.07) is 15.8.